The number of phenols is 1. The van der Waals surface area contributed by atoms with Crippen molar-refractivity contribution in [3.63, 3.8) is 0 Å². The van der Waals surface area contributed by atoms with Gasteiger partial charge in [-0.15, -0.1) is 0 Å². The maximum atomic E-state index is 13.2. The molecule has 1 atom stereocenters. The molecule has 4 aromatic rings. The summed E-state index contributed by atoms with van der Waals surface area (Å²) in [4.78, 5) is 36.0. The second-order valence-corrected chi connectivity index (χ2v) is 8.55. The quantitative estimate of drug-likeness (QED) is 0.260. The Morgan fingerprint density at radius 3 is 2.59 bits per heavy atom. The first-order chi connectivity index (χ1) is 15.4. The van der Waals surface area contributed by atoms with Crippen LogP contribution in [0.3, 0.4) is 0 Å². The summed E-state index contributed by atoms with van der Waals surface area (Å²) in [6.07, 6.45) is 2.96. The highest BCUT2D eigenvalue weighted by Gasteiger charge is 2.48. The zero-order chi connectivity index (χ0) is 22.4. The van der Waals surface area contributed by atoms with E-state index < -0.39 is 17.7 Å². The predicted molar refractivity (Wildman–Crippen MR) is 122 cm³/mol. The van der Waals surface area contributed by atoms with Crippen LogP contribution in [0.2, 0.25) is 5.02 Å². The molecule has 1 aliphatic rings. The van der Waals surface area contributed by atoms with E-state index in [2.05, 4.69) is 9.97 Å². The topological polar surface area (TPSA) is 104 Å². The number of aromatic nitrogens is 2. The van der Waals surface area contributed by atoms with Crippen LogP contribution < -0.4 is 4.90 Å². The lowest BCUT2D eigenvalue weighted by atomic mass is 9.95. The first-order valence-electron chi connectivity index (χ1n) is 9.50. The molecule has 0 aliphatic carbocycles. The predicted octanol–water partition coefficient (Wildman–Crippen LogP) is 4.68. The lowest BCUT2D eigenvalue weighted by molar-refractivity contribution is -0.132. The monoisotopic (exact) mass is 463 g/mol. The molecule has 2 aromatic carbocycles. The molecule has 2 N–H and O–H groups in total. The number of thiazole rings is 1. The minimum atomic E-state index is -0.980. The minimum Gasteiger partial charge on any atom is -0.508 e. The van der Waals surface area contributed by atoms with Crippen molar-refractivity contribution in [1.82, 2.24) is 9.97 Å². The van der Waals surface area contributed by atoms with E-state index in [9.17, 15) is 19.8 Å². The molecular formula is C23H14ClN3O4S. The summed E-state index contributed by atoms with van der Waals surface area (Å²) in [6.45, 7) is 0. The molecule has 1 aliphatic heterocycles. The number of pyridine rings is 1. The fourth-order valence-electron chi connectivity index (χ4n) is 3.69. The molecule has 1 unspecified atom stereocenters. The van der Waals surface area contributed by atoms with Gasteiger partial charge in [0, 0.05) is 23.0 Å². The number of fused-ring (bicyclic) bond motifs is 1. The first kappa shape index (κ1) is 20.2. The fraction of sp³-hybridized carbons (Fsp3) is 0.0435. The zero-order valence-electron chi connectivity index (χ0n) is 16.3. The van der Waals surface area contributed by atoms with Gasteiger partial charge in [-0.05, 0) is 48.0 Å². The first-order valence-corrected chi connectivity index (χ1v) is 10.7. The second-order valence-electron chi connectivity index (χ2n) is 7.11. The van der Waals surface area contributed by atoms with E-state index in [0.29, 0.717) is 21.7 Å². The van der Waals surface area contributed by atoms with Gasteiger partial charge in [-0.25, -0.2) is 4.98 Å². The number of hydrogen-bond acceptors (Lipinski definition) is 7. The highest BCUT2D eigenvalue weighted by Crippen LogP contribution is 2.44. The number of carbonyl (C=O) groups is 2. The Labute approximate surface area is 190 Å². The molecule has 1 saturated heterocycles. The number of rotatable bonds is 3. The molecule has 0 spiro atoms. The van der Waals surface area contributed by atoms with Crippen molar-refractivity contribution in [2.45, 2.75) is 6.04 Å². The SMILES string of the molecule is O=C1C(=O)N(c2nc3ccc(Cl)cc3s2)C(c2cccc(O)c2)/C1=C(\O)c1ccncc1. The van der Waals surface area contributed by atoms with Gasteiger partial charge in [0.15, 0.2) is 5.13 Å². The van der Waals surface area contributed by atoms with E-state index in [4.69, 9.17) is 11.6 Å². The summed E-state index contributed by atoms with van der Waals surface area (Å²) in [5, 5.41) is 21.9. The number of anilines is 1. The molecule has 5 rings (SSSR count). The van der Waals surface area contributed by atoms with Gasteiger partial charge in [-0.2, -0.15) is 0 Å². The fourth-order valence-corrected chi connectivity index (χ4v) is 4.96. The average molecular weight is 464 g/mol. The van der Waals surface area contributed by atoms with Crippen LogP contribution in [0.4, 0.5) is 5.13 Å². The molecule has 1 fully saturated rings. The highest BCUT2D eigenvalue weighted by atomic mass is 35.5. The maximum absolute atomic E-state index is 13.2. The maximum Gasteiger partial charge on any atom is 0.301 e. The van der Waals surface area contributed by atoms with Crippen LogP contribution in [0.15, 0.2) is 72.6 Å². The van der Waals surface area contributed by atoms with Gasteiger partial charge >= 0.3 is 5.91 Å². The second kappa shape index (κ2) is 7.74. The summed E-state index contributed by atoms with van der Waals surface area (Å²) in [7, 11) is 0. The van der Waals surface area contributed by atoms with Crippen LogP contribution >= 0.6 is 22.9 Å². The summed E-state index contributed by atoms with van der Waals surface area (Å²) in [6, 6.07) is 13.5. The molecule has 0 bridgehead atoms. The Hall–Kier alpha value is -3.75. The number of ketones is 1. The normalized spacial score (nSPS) is 17.9. The highest BCUT2D eigenvalue weighted by molar-refractivity contribution is 7.22. The van der Waals surface area contributed by atoms with Crippen molar-refractivity contribution in [2.24, 2.45) is 0 Å². The van der Waals surface area contributed by atoms with E-state index in [1.807, 2.05) is 0 Å². The number of phenolic OH excluding ortho intramolecular Hbond substituents is 1. The summed E-state index contributed by atoms with van der Waals surface area (Å²) in [5.41, 5.74) is 1.33. The van der Waals surface area contributed by atoms with Crippen LogP contribution in [-0.2, 0) is 9.59 Å². The van der Waals surface area contributed by atoms with Crippen molar-refractivity contribution in [2.75, 3.05) is 4.90 Å². The molecule has 1 amide bonds. The third-order valence-corrected chi connectivity index (χ3v) is 6.38. The van der Waals surface area contributed by atoms with E-state index in [1.165, 1.54) is 40.8 Å². The van der Waals surface area contributed by atoms with E-state index in [1.54, 1.807) is 42.5 Å². The standard InChI is InChI=1S/C23H14ClN3O4S/c24-14-4-5-16-17(11-14)32-23(26-16)27-19(13-2-1-3-15(28)10-13)18(21(30)22(27)31)20(29)12-6-8-25-9-7-12/h1-11,19,28-29H/b20-18+. The largest absolute Gasteiger partial charge is 0.508 e. The van der Waals surface area contributed by atoms with Crippen LogP contribution in [0, 0.1) is 0 Å². The number of benzene rings is 2. The zero-order valence-corrected chi connectivity index (χ0v) is 17.8. The minimum absolute atomic E-state index is 0.0342. The molecular weight excluding hydrogens is 450 g/mol. The van der Waals surface area contributed by atoms with Crippen molar-refractivity contribution < 1.29 is 19.8 Å². The Bertz CT molecular complexity index is 1420. The summed E-state index contributed by atoms with van der Waals surface area (Å²) >= 11 is 7.29. The number of hydrogen-bond donors (Lipinski definition) is 2. The number of aliphatic hydroxyl groups is 1. The molecule has 158 valence electrons. The van der Waals surface area contributed by atoms with Gasteiger partial charge < -0.3 is 10.2 Å². The molecule has 0 radical (unpaired) electrons. The molecule has 9 heteroatoms. The van der Waals surface area contributed by atoms with Crippen molar-refractivity contribution in [3.8, 4) is 5.75 Å². The molecule has 32 heavy (non-hydrogen) atoms. The van der Waals surface area contributed by atoms with Gasteiger partial charge in [-0.1, -0.05) is 35.1 Å². The number of nitrogens with zero attached hydrogens (tertiary/aromatic N) is 3. The number of Topliss-reactive ketones (excluding diaryl/α,β-unsaturated/α-hetero) is 1. The van der Waals surface area contributed by atoms with Crippen molar-refractivity contribution >= 4 is 55.7 Å². The number of halogens is 1. The Morgan fingerprint density at radius 1 is 1.06 bits per heavy atom. The smallest absolute Gasteiger partial charge is 0.301 e. The Balaban J connectivity index is 1.75. The molecule has 0 saturated carbocycles. The third kappa shape index (κ3) is 3.30. The van der Waals surface area contributed by atoms with E-state index in [-0.39, 0.29) is 22.2 Å². The summed E-state index contributed by atoms with van der Waals surface area (Å²) in [5.74, 6) is -2.03. The van der Waals surface area contributed by atoms with Gasteiger partial charge in [-0.3, -0.25) is 19.5 Å². The Kier molecular flexibility index (Phi) is 4.88. The van der Waals surface area contributed by atoms with Gasteiger partial charge in [0.1, 0.15) is 11.5 Å². The lowest BCUT2D eigenvalue weighted by Crippen LogP contribution is -2.29. The van der Waals surface area contributed by atoms with Gasteiger partial charge in [0.2, 0.25) is 0 Å². The van der Waals surface area contributed by atoms with Gasteiger partial charge in [0.25, 0.3) is 5.78 Å². The van der Waals surface area contributed by atoms with Crippen molar-refractivity contribution in [3.05, 3.63) is 88.7 Å². The molecule has 3 heterocycles. The van der Waals surface area contributed by atoms with E-state index in [0.717, 1.165) is 4.70 Å². The van der Waals surface area contributed by atoms with Crippen LogP contribution in [0.25, 0.3) is 16.0 Å². The number of amides is 1. The number of aromatic hydroxyl groups is 1. The molecule has 7 nitrogen and oxygen atoms in total. The van der Waals surface area contributed by atoms with Crippen LogP contribution in [-0.4, -0.2) is 31.9 Å². The van der Waals surface area contributed by atoms with Crippen molar-refractivity contribution in [1.29, 1.82) is 0 Å². The average Bonchev–Trinajstić information content (AvgIpc) is 3.32. The van der Waals surface area contributed by atoms with Gasteiger partial charge in [0.05, 0.1) is 21.8 Å². The Morgan fingerprint density at radius 2 is 1.84 bits per heavy atom. The van der Waals surface area contributed by atoms with E-state index >= 15 is 0 Å². The third-order valence-electron chi connectivity index (χ3n) is 5.13. The van der Waals surface area contributed by atoms with Crippen LogP contribution in [0.5, 0.6) is 5.75 Å². The molecule has 2 aromatic heterocycles. The number of aliphatic hydroxyl groups excluding tert-OH is 1. The van der Waals surface area contributed by atoms with Crippen LogP contribution in [0.1, 0.15) is 17.2 Å². The summed E-state index contributed by atoms with van der Waals surface area (Å²) < 4.78 is 0.748. The number of carbonyl (C=O) groups excluding carboxylic acids is 2. The lowest BCUT2D eigenvalue weighted by Gasteiger charge is -2.23.